The largest absolute Gasteiger partial charge is 0.452 e. The fourth-order valence-electron chi connectivity index (χ4n) is 4.91. The van der Waals surface area contributed by atoms with Crippen molar-refractivity contribution in [2.24, 2.45) is 5.92 Å². The smallest absolute Gasteiger partial charge is 0.338 e. The minimum atomic E-state index is -0.788. The first-order chi connectivity index (χ1) is 15.5. The fraction of sp³-hybridized carbons (Fsp3) is 0.542. The van der Waals surface area contributed by atoms with E-state index in [0.29, 0.717) is 0 Å². The monoisotopic (exact) mass is 440 g/mol. The van der Waals surface area contributed by atoms with Gasteiger partial charge in [-0.3, -0.25) is 29.4 Å². The number of esters is 1. The molecule has 0 atom stereocenters. The summed E-state index contributed by atoms with van der Waals surface area (Å²) < 4.78 is 5.03. The Hall–Kier alpha value is -3.03. The predicted octanol–water partition coefficient (Wildman–Crippen LogP) is 3.00. The lowest BCUT2D eigenvalue weighted by molar-refractivity contribution is -0.135. The highest BCUT2D eigenvalue weighted by Crippen LogP contribution is 2.31. The molecule has 2 aliphatic carbocycles. The van der Waals surface area contributed by atoms with Gasteiger partial charge in [0.25, 0.3) is 17.7 Å². The standard InChI is InChI=1S/C24H28N2O6/c27-20(25-21(28)15-7-3-1-4-8-15)14-32-24(31)16-11-12-18-19(13-16)23(30)26(22(18)29)17-9-5-2-6-10-17/h11-13,15,17H,1-10,14H2,(H,25,27,28). The van der Waals surface area contributed by atoms with Gasteiger partial charge in [-0.25, -0.2) is 4.79 Å². The number of benzene rings is 1. The van der Waals surface area contributed by atoms with Crippen molar-refractivity contribution in [3.05, 3.63) is 34.9 Å². The number of hydrogen-bond donors (Lipinski definition) is 1. The van der Waals surface area contributed by atoms with E-state index >= 15 is 0 Å². The highest BCUT2D eigenvalue weighted by Gasteiger charge is 2.40. The molecule has 4 rings (SSSR count). The van der Waals surface area contributed by atoms with Gasteiger partial charge in [0, 0.05) is 12.0 Å². The van der Waals surface area contributed by atoms with Gasteiger partial charge in [-0.15, -0.1) is 0 Å². The van der Waals surface area contributed by atoms with Gasteiger partial charge in [-0.05, 0) is 43.9 Å². The van der Waals surface area contributed by atoms with E-state index in [1.165, 1.54) is 23.1 Å². The van der Waals surface area contributed by atoms with Crippen LogP contribution in [0.2, 0.25) is 0 Å². The summed E-state index contributed by atoms with van der Waals surface area (Å²) in [6, 6.07) is 4.13. The number of amides is 4. The molecule has 1 heterocycles. The summed E-state index contributed by atoms with van der Waals surface area (Å²) in [4.78, 5) is 63.5. The van der Waals surface area contributed by atoms with Crippen LogP contribution in [-0.2, 0) is 14.3 Å². The van der Waals surface area contributed by atoms with E-state index in [9.17, 15) is 24.0 Å². The Kier molecular flexibility index (Phi) is 6.67. The average molecular weight is 440 g/mol. The lowest BCUT2D eigenvalue weighted by Crippen LogP contribution is -2.40. The average Bonchev–Trinajstić information content (AvgIpc) is 3.08. The van der Waals surface area contributed by atoms with Crippen molar-refractivity contribution in [2.75, 3.05) is 6.61 Å². The van der Waals surface area contributed by atoms with Crippen LogP contribution in [-0.4, -0.2) is 47.1 Å². The van der Waals surface area contributed by atoms with Gasteiger partial charge in [-0.2, -0.15) is 0 Å². The van der Waals surface area contributed by atoms with Crippen molar-refractivity contribution in [3.63, 3.8) is 0 Å². The van der Waals surface area contributed by atoms with E-state index in [1.807, 2.05) is 0 Å². The highest BCUT2D eigenvalue weighted by molar-refractivity contribution is 6.22. The zero-order valence-electron chi connectivity index (χ0n) is 18.1. The summed E-state index contributed by atoms with van der Waals surface area (Å²) in [5.74, 6) is -2.67. The maximum atomic E-state index is 12.9. The number of carbonyl (C=O) groups excluding carboxylic acids is 5. The molecule has 1 aliphatic heterocycles. The molecule has 170 valence electrons. The molecule has 1 aromatic rings. The van der Waals surface area contributed by atoms with Crippen LogP contribution in [0.25, 0.3) is 0 Å². The van der Waals surface area contributed by atoms with Crippen molar-refractivity contribution in [1.82, 2.24) is 10.2 Å². The predicted molar refractivity (Wildman–Crippen MR) is 114 cm³/mol. The van der Waals surface area contributed by atoms with E-state index < -0.39 is 18.5 Å². The lowest BCUT2D eigenvalue weighted by atomic mass is 9.89. The lowest BCUT2D eigenvalue weighted by Gasteiger charge is -2.29. The van der Waals surface area contributed by atoms with E-state index in [2.05, 4.69) is 5.32 Å². The first-order valence-corrected chi connectivity index (χ1v) is 11.5. The summed E-state index contributed by atoms with van der Waals surface area (Å²) in [5, 5.41) is 2.29. The van der Waals surface area contributed by atoms with E-state index in [1.54, 1.807) is 0 Å². The topological polar surface area (TPSA) is 110 Å². The molecule has 2 saturated carbocycles. The molecule has 2 fully saturated rings. The molecule has 1 aromatic carbocycles. The van der Waals surface area contributed by atoms with Gasteiger partial charge in [0.15, 0.2) is 6.61 Å². The maximum absolute atomic E-state index is 12.9. The Morgan fingerprint density at radius 3 is 2.19 bits per heavy atom. The number of fused-ring (bicyclic) bond motifs is 1. The Morgan fingerprint density at radius 2 is 1.50 bits per heavy atom. The zero-order chi connectivity index (χ0) is 22.7. The number of ether oxygens (including phenoxy) is 1. The van der Waals surface area contributed by atoms with Crippen LogP contribution in [0.3, 0.4) is 0 Å². The second kappa shape index (κ2) is 9.63. The van der Waals surface area contributed by atoms with Gasteiger partial charge < -0.3 is 4.74 Å². The van der Waals surface area contributed by atoms with Gasteiger partial charge in [0.2, 0.25) is 5.91 Å². The van der Waals surface area contributed by atoms with Crippen LogP contribution in [0.1, 0.15) is 95.3 Å². The maximum Gasteiger partial charge on any atom is 0.338 e. The minimum absolute atomic E-state index is 0.0850. The number of carbonyl (C=O) groups is 5. The molecule has 0 aromatic heterocycles. The number of rotatable bonds is 5. The second-order valence-corrected chi connectivity index (χ2v) is 8.86. The highest BCUT2D eigenvalue weighted by atomic mass is 16.5. The molecular formula is C24H28N2O6. The van der Waals surface area contributed by atoms with Crippen LogP contribution in [0.5, 0.6) is 0 Å². The van der Waals surface area contributed by atoms with Crippen molar-refractivity contribution in [3.8, 4) is 0 Å². The molecule has 0 bridgehead atoms. The van der Waals surface area contributed by atoms with E-state index in [-0.39, 0.29) is 46.4 Å². The first-order valence-electron chi connectivity index (χ1n) is 11.5. The molecule has 8 heteroatoms. The van der Waals surface area contributed by atoms with Crippen molar-refractivity contribution >= 4 is 29.6 Å². The molecular weight excluding hydrogens is 412 g/mol. The number of hydrogen-bond acceptors (Lipinski definition) is 6. The summed E-state index contributed by atoms with van der Waals surface area (Å²) in [6.07, 6.45) is 9.25. The molecule has 0 spiro atoms. The molecule has 1 N–H and O–H groups in total. The second-order valence-electron chi connectivity index (χ2n) is 8.86. The summed E-state index contributed by atoms with van der Waals surface area (Å²) in [7, 11) is 0. The summed E-state index contributed by atoms with van der Waals surface area (Å²) >= 11 is 0. The molecule has 0 saturated heterocycles. The van der Waals surface area contributed by atoms with E-state index in [0.717, 1.165) is 64.2 Å². The fourth-order valence-corrected chi connectivity index (χ4v) is 4.91. The van der Waals surface area contributed by atoms with E-state index in [4.69, 9.17) is 4.74 Å². The number of nitrogens with zero attached hydrogens (tertiary/aromatic N) is 1. The van der Waals surface area contributed by atoms with Crippen LogP contribution in [0, 0.1) is 5.92 Å². The Balaban J connectivity index is 1.35. The molecule has 0 unspecified atom stereocenters. The summed E-state index contributed by atoms with van der Waals surface area (Å²) in [5.41, 5.74) is 0.557. The number of imide groups is 2. The third-order valence-corrected chi connectivity index (χ3v) is 6.67. The SMILES string of the molecule is O=C(COC(=O)c1ccc2c(c1)C(=O)N(C1CCCCC1)C2=O)NC(=O)C1CCCCC1. The van der Waals surface area contributed by atoms with Crippen molar-refractivity contribution in [1.29, 1.82) is 0 Å². The normalized spacial score (nSPS) is 19.6. The number of nitrogens with one attached hydrogen (secondary N) is 1. The quantitative estimate of drug-likeness (QED) is 0.557. The summed E-state index contributed by atoms with van der Waals surface area (Å²) in [6.45, 7) is -0.588. The first kappa shape index (κ1) is 22.2. The van der Waals surface area contributed by atoms with Gasteiger partial charge >= 0.3 is 5.97 Å². The van der Waals surface area contributed by atoms with Gasteiger partial charge in [0.05, 0.1) is 16.7 Å². The van der Waals surface area contributed by atoms with Crippen LogP contribution < -0.4 is 5.32 Å². The molecule has 4 amide bonds. The minimum Gasteiger partial charge on any atom is -0.452 e. The van der Waals surface area contributed by atoms with Crippen molar-refractivity contribution in [2.45, 2.75) is 70.3 Å². The van der Waals surface area contributed by atoms with Crippen molar-refractivity contribution < 1.29 is 28.7 Å². The van der Waals surface area contributed by atoms with Gasteiger partial charge in [0.1, 0.15) is 0 Å². The van der Waals surface area contributed by atoms with Crippen LogP contribution in [0.15, 0.2) is 18.2 Å². The third kappa shape index (κ3) is 4.59. The molecule has 3 aliphatic rings. The molecule has 0 radical (unpaired) electrons. The molecule has 32 heavy (non-hydrogen) atoms. The Labute approximate surface area is 186 Å². The Morgan fingerprint density at radius 1 is 0.875 bits per heavy atom. The third-order valence-electron chi connectivity index (χ3n) is 6.67. The van der Waals surface area contributed by atoms with Crippen LogP contribution in [0.4, 0.5) is 0 Å². The molecule has 8 nitrogen and oxygen atoms in total. The Bertz CT molecular complexity index is 944. The van der Waals surface area contributed by atoms with Gasteiger partial charge in [-0.1, -0.05) is 38.5 Å². The van der Waals surface area contributed by atoms with Crippen LogP contribution >= 0.6 is 0 Å². The zero-order valence-corrected chi connectivity index (χ0v) is 18.1.